The molecule has 0 saturated carbocycles. The van der Waals surface area contributed by atoms with Gasteiger partial charge in [0.05, 0.1) is 6.61 Å². The molecule has 1 rings (SSSR count). The molecule has 0 aliphatic rings. The van der Waals surface area contributed by atoms with E-state index in [0.29, 0.717) is 43.1 Å². The van der Waals surface area contributed by atoms with Crippen LogP contribution >= 0.6 is 0 Å². The van der Waals surface area contributed by atoms with Crippen molar-refractivity contribution in [2.75, 3.05) is 26.7 Å². The number of hydroxylamine groups is 2. The summed E-state index contributed by atoms with van der Waals surface area (Å²) in [6, 6.07) is 7.17. The Hall–Kier alpha value is -2.82. The van der Waals surface area contributed by atoms with Crippen molar-refractivity contribution in [1.82, 2.24) is 21.6 Å². The van der Waals surface area contributed by atoms with Crippen molar-refractivity contribution < 1.29 is 28.9 Å². The summed E-state index contributed by atoms with van der Waals surface area (Å²) in [5.74, 6) is 2.22. The van der Waals surface area contributed by atoms with Gasteiger partial charge in [0.25, 0.3) is 5.91 Å². The number of carbonyl (C=O) groups is 4. The van der Waals surface area contributed by atoms with Gasteiger partial charge in [-0.25, -0.2) is 11.0 Å². The molecule has 0 aliphatic carbocycles. The van der Waals surface area contributed by atoms with Crippen LogP contribution in [0.4, 0.5) is 0 Å². The molecule has 3 amide bonds. The third-order valence-electron chi connectivity index (χ3n) is 4.75. The summed E-state index contributed by atoms with van der Waals surface area (Å²) in [7, 11) is 1.97. The van der Waals surface area contributed by atoms with Crippen LogP contribution in [0.2, 0.25) is 0 Å². The Bertz CT molecular complexity index is 758. The third-order valence-corrected chi connectivity index (χ3v) is 4.75. The highest BCUT2D eigenvalue weighted by Crippen LogP contribution is 2.07. The molecule has 1 aromatic carbocycles. The fourth-order valence-corrected chi connectivity index (χ4v) is 2.38. The zero-order chi connectivity index (χ0) is 33.3. The van der Waals surface area contributed by atoms with E-state index in [1.165, 1.54) is 6.42 Å². The van der Waals surface area contributed by atoms with Gasteiger partial charge in [0.2, 0.25) is 12.8 Å². The molecule has 0 saturated heterocycles. The largest absolute Gasteiger partial charge is 0.358 e. The van der Waals surface area contributed by atoms with Gasteiger partial charge in [-0.05, 0) is 69.7 Å². The quantitative estimate of drug-likeness (QED) is 0.123. The van der Waals surface area contributed by atoms with Crippen LogP contribution in [0, 0.1) is 30.6 Å². The van der Waals surface area contributed by atoms with Gasteiger partial charge >= 0.3 is 0 Å². The van der Waals surface area contributed by atoms with E-state index in [4.69, 9.17) is 4.84 Å². The lowest BCUT2D eigenvalue weighted by molar-refractivity contribution is -0.122. The summed E-state index contributed by atoms with van der Waals surface area (Å²) in [6.07, 6.45) is 3.20. The maximum atomic E-state index is 11.8. The second-order valence-corrected chi connectivity index (χ2v) is 11.1. The predicted molar refractivity (Wildman–Crippen MR) is 173 cm³/mol. The number of benzene rings is 1. The second kappa shape index (κ2) is 34.4. The van der Waals surface area contributed by atoms with Gasteiger partial charge in [0.15, 0.2) is 6.29 Å². The topological polar surface area (TPSA) is 135 Å². The fourth-order valence-electron chi connectivity index (χ4n) is 2.38. The van der Waals surface area contributed by atoms with Gasteiger partial charge in [-0.1, -0.05) is 86.4 Å². The minimum Gasteiger partial charge on any atom is -0.358 e. The molecule has 0 aliphatic heterocycles. The van der Waals surface area contributed by atoms with Crippen LogP contribution in [0.5, 0.6) is 0 Å². The van der Waals surface area contributed by atoms with E-state index in [-0.39, 0.29) is 5.91 Å². The van der Waals surface area contributed by atoms with Crippen molar-refractivity contribution in [2.24, 2.45) is 23.7 Å². The summed E-state index contributed by atoms with van der Waals surface area (Å²) < 4.78 is 0. The maximum absolute atomic E-state index is 11.8. The second-order valence-electron chi connectivity index (χ2n) is 11.1. The molecular formula is C32H62N4O6. The van der Waals surface area contributed by atoms with E-state index in [1.54, 1.807) is 25.1 Å². The van der Waals surface area contributed by atoms with Crippen LogP contribution in [0.1, 0.15) is 98.0 Å². The van der Waals surface area contributed by atoms with Crippen molar-refractivity contribution in [3.8, 4) is 0 Å². The van der Waals surface area contributed by atoms with Gasteiger partial charge in [-0.2, -0.15) is 0 Å². The monoisotopic (exact) mass is 598 g/mol. The summed E-state index contributed by atoms with van der Waals surface area (Å²) in [5, 5.41) is 5.63. The smallest absolute Gasteiger partial charge is 0.274 e. The number of nitrogens with one attached hydrogen (secondary N) is 4. The van der Waals surface area contributed by atoms with Gasteiger partial charge < -0.3 is 15.4 Å². The zero-order valence-corrected chi connectivity index (χ0v) is 28.4. The SMILES string of the molecule is CC(C)CNC=O.CCC(C)C.CCONC=O.CNCC(C)C.Cc1cccc(C(=O)NOC(C=O)CC(C)C)c1. The summed E-state index contributed by atoms with van der Waals surface area (Å²) in [6.45, 7) is 25.2. The molecule has 0 fully saturated rings. The first kappa shape index (κ1) is 46.1. The van der Waals surface area contributed by atoms with Crippen LogP contribution in [-0.4, -0.2) is 57.9 Å². The van der Waals surface area contributed by atoms with E-state index >= 15 is 0 Å². The minimum absolute atomic E-state index is 0.330. The van der Waals surface area contributed by atoms with E-state index in [9.17, 15) is 19.2 Å². The van der Waals surface area contributed by atoms with Crippen LogP contribution < -0.4 is 21.6 Å². The molecule has 0 radical (unpaired) electrons. The average Bonchev–Trinajstić information content (AvgIpc) is 2.93. The molecule has 1 atom stereocenters. The first-order valence-corrected chi connectivity index (χ1v) is 14.9. The summed E-state index contributed by atoms with van der Waals surface area (Å²) in [4.78, 5) is 50.9. The van der Waals surface area contributed by atoms with Gasteiger partial charge in [-0.15, -0.1) is 0 Å². The lowest BCUT2D eigenvalue weighted by Gasteiger charge is -2.14. The van der Waals surface area contributed by atoms with Crippen molar-refractivity contribution >= 4 is 25.0 Å². The Kier molecular flexibility index (Phi) is 37.8. The average molecular weight is 599 g/mol. The number of hydrogen-bond donors (Lipinski definition) is 4. The molecule has 4 N–H and O–H groups in total. The molecule has 1 unspecified atom stereocenters. The molecule has 0 aromatic heterocycles. The lowest BCUT2D eigenvalue weighted by atomic mass is 10.1. The van der Waals surface area contributed by atoms with Crippen LogP contribution in [0.15, 0.2) is 24.3 Å². The van der Waals surface area contributed by atoms with E-state index in [0.717, 1.165) is 36.9 Å². The van der Waals surface area contributed by atoms with Crippen molar-refractivity contribution in [2.45, 2.75) is 95.1 Å². The Balaban J connectivity index is -0.000000248. The van der Waals surface area contributed by atoms with Crippen molar-refractivity contribution in [3.05, 3.63) is 35.4 Å². The normalized spacial score (nSPS) is 10.4. The number of aldehydes is 1. The van der Waals surface area contributed by atoms with Crippen molar-refractivity contribution in [1.29, 1.82) is 0 Å². The summed E-state index contributed by atoms with van der Waals surface area (Å²) in [5.41, 5.74) is 5.84. The van der Waals surface area contributed by atoms with Gasteiger partial charge in [0, 0.05) is 12.1 Å². The fraction of sp³-hybridized carbons (Fsp3) is 0.688. The van der Waals surface area contributed by atoms with Crippen molar-refractivity contribution in [3.63, 3.8) is 0 Å². The molecule has 0 bridgehead atoms. The van der Waals surface area contributed by atoms with Gasteiger partial charge in [0.1, 0.15) is 6.10 Å². The van der Waals surface area contributed by atoms with E-state index in [2.05, 4.69) is 69.4 Å². The number of carbonyl (C=O) groups excluding carboxylic acids is 4. The number of rotatable bonds is 15. The van der Waals surface area contributed by atoms with Crippen LogP contribution in [-0.2, 0) is 24.1 Å². The highest BCUT2D eigenvalue weighted by molar-refractivity contribution is 5.93. The first-order valence-electron chi connectivity index (χ1n) is 14.9. The Morgan fingerprint density at radius 2 is 1.43 bits per heavy atom. The molecule has 0 spiro atoms. The molecular weight excluding hydrogens is 536 g/mol. The summed E-state index contributed by atoms with van der Waals surface area (Å²) >= 11 is 0. The highest BCUT2D eigenvalue weighted by atomic mass is 16.7. The zero-order valence-electron chi connectivity index (χ0n) is 28.4. The van der Waals surface area contributed by atoms with Crippen LogP contribution in [0.3, 0.4) is 0 Å². The highest BCUT2D eigenvalue weighted by Gasteiger charge is 2.13. The van der Waals surface area contributed by atoms with E-state index < -0.39 is 6.10 Å². The molecule has 42 heavy (non-hydrogen) atoms. The van der Waals surface area contributed by atoms with E-state index in [1.807, 2.05) is 39.4 Å². The third kappa shape index (κ3) is 41.7. The molecule has 10 nitrogen and oxygen atoms in total. The maximum Gasteiger partial charge on any atom is 0.274 e. The molecule has 1 aromatic rings. The number of aryl methyl sites for hydroxylation is 1. The Morgan fingerprint density at radius 1 is 0.857 bits per heavy atom. The first-order chi connectivity index (χ1) is 19.7. The molecule has 10 heteroatoms. The number of hydrogen-bond acceptors (Lipinski definition) is 7. The lowest BCUT2D eigenvalue weighted by Crippen LogP contribution is -2.31. The minimum atomic E-state index is -0.598. The van der Waals surface area contributed by atoms with Gasteiger partial charge in [-0.3, -0.25) is 24.1 Å². The Labute approximate surface area is 256 Å². The Morgan fingerprint density at radius 3 is 1.71 bits per heavy atom. The van der Waals surface area contributed by atoms with Crippen LogP contribution in [0.25, 0.3) is 0 Å². The standard InChI is InChI=1S/C14H19NO3.C5H11NO.C5H13N.C5H12.C3H7NO2/c1-10(2)7-13(9-16)18-15-14(17)12-6-4-5-11(3)8-12;1-5(2)3-6-4-7;1-5(2)4-6-3;1-4-5(2)3;1-2-6-4-3-5/h4-6,8-10,13H,7H2,1-3H3,(H,15,17);4-5H,3H2,1-2H3,(H,6,7);5-6H,4H2,1-3H3;5H,4H2,1-3H3;3H,2H2,1H3,(H,4,5). The molecule has 246 valence electrons. The number of amides is 3. The predicted octanol–water partition coefficient (Wildman–Crippen LogP) is 5.26. The molecule has 0 heterocycles.